The summed E-state index contributed by atoms with van der Waals surface area (Å²) >= 11 is 0. The fourth-order valence-electron chi connectivity index (χ4n) is 4.72. The van der Waals surface area contributed by atoms with Crippen molar-refractivity contribution in [3.05, 3.63) is 52.9 Å². The lowest BCUT2D eigenvalue weighted by atomic mass is 10.0. The molecular weight excluding hydrogens is 370 g/mol. The van der Waals surface area contributed by atoms with Gasteiger partial charge in [-0.15, -0.1) is 0 Å². The van der Waals surface area contributed by atoms with Gasteiger partial charge in [-0.05, 0) is 61.6 Å². The summed E-state index contributed by atoms with van der Waals surface area (Å²) in [4.78, 5) is 12.6. The second-order valence-corrected chi connectivity index (χ2v) is 8.06. The van der Waals surface area contributed by atoms with Gasteiger partial charge in [0.1, 0.15) is 17.4 Å². The number of nitrogens with one attached hydrogen (secondary N) is 1. The summed E-state index contributed by atoms with van der Waals surface area (Å²) in [6.07, 6.45) is 4.74. The first-order valence-corrected chi connectivity index (χ1v) is 10.1. The first-order chi connectivity index (χ1) is 14.2. The molecule has 6 rings (SSSR count). The van der Waals surface area contributed by atoms with Crippen LogP contribution in [0.15, 0.2) is 51.7 Å². The molecule has 6 nitrogen and oxygen atoms in total. The van der Waals surface area contributed by atoms with Gasteiger partial charge in [-0.3, -0.25) is 0 Å². The van der Waals surface area contributed by atoms with Gasteiger partial charge in [0.05, 0.1) is 5.56 Å². The van der Waals surface area contributed by atoms with E-state index in [-0.39, 0.29) is 18.5 Å². The number of rotatable bonds is 3. The molecule has 0 saturated carbocycles. The highest BCUT2D eigenvalue weighted by Gasteiger charge is 2.34. The van der Waals surface area contributed by atoms with Crippen molar-refractivity contribution in [1.29, 1.82) is 0 Å². The molecule has 148 valence electrons. The predicted molar refractivity (Wildman–Crippen MR) is 108 cm³/mol. The van der Waals surface area contributed by atoms with Gasteiger partial charge in [0, 0.05) is 23.5 Å². The second-order valence-electron chi connectivity index (χ2n) is 8.06. The van der Waals surface area contributed by atoms with Crippen LogP contribution in [0.3, 0.4) is 0 Å². The standard InChI is InChI=1S/C23H21NO5/c25-23-19(13-2-6-20-22(8-13)27-12-26-20)7-14-1-5-17(11-21(14)29-23)28-18-9-15-3-4-16(10-18)24-15/h1-2,5-8,11,15-16,18,24H,3-4,9-10,12H2/t15-,16-/m1/s1. The van der Waals surface area contributed by atoms with E-state index in [0.717, 1.165) is 29.5 Å². The van der Waals surface area contributed by atoms with Crippen molar-refractivity contribution in [2.45, 2.75) is 43.9 Å². The van der Waals surface area contributed by atoms with Gasteiger partial charge in [0.25, 0.3) is 0 Å². The van der Waals surface area contributed by atoms with Crippen LogP contribution < -0.4 is 25.2 Å². The van der Waals surface area contributed by atoms with Crippen molar-refractivity contribution in [2.75, 3.05) is 6.79 Å². The molecule has 2 atom stereocenters. The van der Waals surface area contributed by atoms with Crippen molar-refractivity contribution in [3.63, 3.8) is 0 Å². The maximum atomic E-state index is 12.6. The molecule has 0 spiro atoms. The number of hydrogen-bond acceptors (Lipinski definition) is 6. The zero-order valence-corrected chi connectivity index (χ0v) is 15.9. The van der Waals surface area contributed by atoms with Gasteiger partial charge in [-0.1, -0.05) is 6.07 Å². The highest BCUT2D eigenvalue weighted by Crippen LogP contribution is 2.36. The Morgan fingerprint density at radius 3 is 2.62 bits per heavy atom. The normalized spacial score (nSPS) is 24.8. The quantitative estimate of drug-likeness (QED) is 0.684. The van der Waals surface area contributed by atoms with E-state index < -0.39 is 0 Å². The zero-order chi connectivity index (χ0) is 19.4. The summed E-state index contributed by atoms with van der Waals surface area (Å²) < 4.78 is 22.6. The van der Waals surface area contributed by atoms with Crippen LogP contribution in [0.25, 0.3) is 22.1 Å². The van der Waals surface area contributed by atoms with E-state index in [1.165, 1.54) is 12.8 Å². The van der Waals surface area contributed by atoms with Crippen molar-refractivity contribution in [2.24, 2.45) is 0 Å². The molecule has 2 saturated heterocycles. The summed E-state index contributed by atoms with van der Waals surface area (Å²) in [6, 6.07) is 14.2. The Morgan fingerprint density at radius 1 is 0.931 bits per heavy atom. The molecule has 2 fully saturated rings. The molecule has 3 aliphatic heterocycles. The lowest BCUT2D eigenvalue weighted by molar-refractivity contribution is 0.137. The van der Waals surface area contributed by atoms with E-state index in [0.29, 0.717) is 34.7 Å². The Balaban J connectivity index is 1.30. The summed E-state index contributed by atoms with van der Waals surface area (Å²) in [5, 5.41) is 4.48. The monoisotopic (exact) mass is 391 g/mol. The Bertz CT molecular complexity index is 1140. The van der Waals surface area contributed by atoms with E-state index in [9.17, 15) is 4.79 Å². The number of fused-ring (bicyclic) bond motifs is 4. The van der Waals surface area contributed by atoms with Crippen molar-refractivity contribution in [3.8, 4) is 28.4 Å². The van der Waals surface area contributed by atoms with E-state index in [2.05, 4.69) is 5.32 Å². The maximum absolute atomic E-state index is 12.6. The number of piperidine rings is 1. The molecule has 2 aromatic carbocycles. The molecule has 0 unspecified atom stereocenters. The largest absolute Gasteiger partial charge is 0.490 e. The minimum atomic E-state index is -0.381. The predicted octanol–water partition coefficient (Wildman–Crippen LogP) is 3.85. The third-order valence-electron chi connectivity index (χ3n) is 6.12. The fourth-order valence-corrected chi connectivity index (χ4v) is 4.72. The van der Waals surface area contributed by atoms with E-state index in [1.807, 2.05) is 42.5 Å². The fraction of sp³-hybridized carbons (Fsp3) is 0.348. The minimum absolute atomic E-state index is 0.201. The lowest BCUT2D eigenvalue weighted by Gasteiger charge is -2.29. The topological polar surface area (TPSA) is 69.9 Å². The van der Waals surface area contributed by atoms with Gasteiger partial charge in [-0.2, -0.15) is 0 Å². The molecule has 3 aliphatic rings. The molecule has 4 heterocycles. The molecule has 6 heteroatoms. The van der Waals surface area contributed by atoms with Crippen LogP contribution in [0.4, 0.5) is 0 Å². The van der Waals surface area contributed by atoms with Crippen LogP contribution in [0.1, 0.15) is 25.7 Å². The van der Waals surface area contributed by atoms with Gasteiger partial charge in [0.2, 0.25) is 6.79 Å². The van der Waals surface area contributed by atoms with E-state index >= 15 is 0 Å². The third-order valence-corrected chi connectivity index (χ3v) is 6.12. The minimum Gasteiger partial charge on any atom is -0.490 e. The summed E-state index contributed by atoms with van der Waals surface area (Å²) in [5.74, 6) is 2.08. The highest BCUT2D eigenvalue weighted by molar-refractivity contribution is 5.83. The molecule has 0 aliphatic carbocycles. The van der Waals surface area contributed by atoms with Crippen LogP contribution in [-0.4, -0.2) is 25.0 Å². The molecule has 2 bridgehead atoms. The van der Waals surface area contributed by atoms with Gasteiger partial charge in [0.15, 0.2) is 11.5 Å². The maximum Gasteiger partial charge on any atom is 0.344 e. The average Bonchev–Trinajstić information content (AvgIpc) is 3.32. The lowest BCUT2D eigenvalue weighted by Crippen LogP contribution is -2.42. The first kappa shape index (κ1) is 16.9. The Hall–Kier alpha value is -2.99. The third kappa shape index (κ3) is 3.04. The SMILES string of the molecule is O=c1oc2cc(OC3C[C@H]4CC[C@H](C3)N4)ccc2cc1-c1ccc2c(c1)OCO2. The molecule has 3 aromatic rings. The van der Waals surface area contributed by atoms with Crippen LogP contribution >= 0.6 is 0 Å². The molecule has 0 radical (unpaired) electrons. The van der Waals surface area contributed by atoms with Crippen LogP contribution in [0.5, 0.6) is 17.2 Å². The molecule has 1 N–H and O–H groups in total. The van der Waals surface area contributed by atoms with Crippen molar-refractivity contribution < 1.29 is 18.6 Å². The first-order valence-electron chi connectivity index (χ1n) is 10.1. The number of hydrogen-bond donors (Lipinski definition) is 1. The zero-order valence-electron chi connectivity index (χ0n) is 15.9. The second kappa shape index (κ2) is 6.52. The smallest absolute Gasteiger partial charge is 0.344 e. The Kier molecular flexibility index (Phi) is 3.81. The highest BCUT2D eigenvalue weighted by atomic mass is 16.7. The van der Waals surface area contributed by atoms with Gasteiger partial charge in [-0.25, -0.2) is 4.79 Å². The number of ether oxygens (including phenoxy) is 3. The summed E-state index contributed by atoms with van der Waals surface area (Å²) in [5.41, 5.74) is 1.40. The summed E-state index contributed by atoms with van der Waals surface area (Å²) in [7, 11) is 0. The van der Waals surface area contributed by atoms with Gasteiger partial charge < -0.3 is 23.9 Å². The molecule has 29 heavy (non-hydrogen) atoms. The van der Waals surface area contributed by atoms with Crippen LogP contribution in [0.2, 0.25) is 0 Å². The van der Waals surface area contributed by atoms with Crippen molar-refractivity contribution >= 4 is 11.0 Å². The molecular formula is C23H21NO5. The van der Waals surface area contributed by atoms with Crippen LogP contribution in [-0.2, 0) is 0 Å². The average molecular weight is 391 g/mol. The van der Waals surface area contributed by atoms with E-state index in [1.54, 1.807) is 0 Å². The van der Waals surface area contributed by atoms with Crippen LogP contribution in [0, 0.1) is 0 Å². The van der Waals surface area contributed by atoms with Crippen molar-refractivity contribution in [1.82, 2.24) is 5.32 Å². The summed E-state index contributed by atoms with van der Waals surface area (Å²) in [6.45, 7) is 0.201. The Labute approximate surface area is 167 Å². The number of benzene rings is 2. The molecule has 0 amide bonds. The Morgan fingerprint density at radius 2 is 1.76 bits per heavy atom. The molecule has 1 aromatic heterocycles. The van der Waals surface area contributed by atoms with Gasteiger partial charge >= 0.3 is 5.63 Å². The van der Waals surface area contributed by atoms with E-state index in [4.69, 9.17) is 18.6 Å².